The molecule has 2 rings (SSSR count). The number of methoxy groups -OCH3 is 1. The van der Waals surface area contributed by atoms with E-state index in [4.69, 9.17) is 4.74 Å². The van der Waals surface area contributed by atoms with Crippen molar-refractivity contribution in [2.45, 2.75) is 6.61 Å². The lowest BCUT2D eigenvalue weighted by Crippen LogP contribution is -3.00. The van der Waals surface area contributed by atoms with Gasteiger partial charge in [0.2, 0.25) is 5.91 Å². The molecule has 172 valence electrons. The van der Waals surface area contributed by atoms with Crippen LogP contribution in [0.5, 0.6) is 0 Å². The van der Waals surface area contributed by atoms with Gasteiger partial charge >= 0.3 is 12.1 Å². The molecule has 1 fully saturated rings. The van der Waals surface area contributed by atoms with Gasteiger partial charge in [0, 0.05) is 26.2 Å². The highest BCUT2D eigenvalue weighted by Gasteiger charge is 2.25. The number of hydrogen-bond acceptors (Lipinski definition) is 6. The van der Waals surface area contributed by atoms with Gasteiger partial charge in [0.25, 0.3) is 5.91 Å². The van der Waals surface area contributed by atoms with E-state index in [1.54, 1.807) is 34.1 Å². The molecule has 0 spiro atoms. The summed E-state index contributed by atoms with van der Waals surface area (Å²) in [5.74, 6) is -0.295. The quantitative estimate of drug-likeness (QED) is 0.310. The van der Waals surface area contributed by atoms with Crippen LogP contribution in [0.15, 0.2) is 24.3 Å². The Kier molecular flexibility index (Phi) is 11.4. The van der Waals surface area contributed by atoms with Crippen molar-refractivity contribution in [3.05, 3.63) is 35.4 Å². The van der Waals surface area contributed by atoms with E-state index >= 15 is 0 Å². The Hall–Kier alpha value is -2.27. The number of amides is 3. The van der Waals surface area contributed by atoms with Gasteiger partial charge in [-0.25, -0.2) is 9.59 Å². The molecule has 0 saturated carbocycles. The molecule has 1 N–H and O–H groups in total. The zero-order valence-electron chi connectivity index (χ0n) is 17.9. The average molecular weight is 518 g/mol. The average Bonchev–Trinajstić information content (AvgIpc) is 2.75. The fourth-order valence-corrected chi connectivity index (χ4v) is 3.46. The maximum Gasteiger partial charge on any atom is 0.410 e. The molecule has 1 heterocycles. The van der Waals surface area contributed by atoms with Crippen molar-refractivity contribution >= 4 is 34.8 Å². The fraction of sp³-hybridized carbons (Fsp3) is 0.500. The number of benzene rings is 1. The van der Waals surface area contributed by atoms with Gasteiger partial charge < -0.3 is 41.6 Å². The molecule has 0 aliphatic carbocycles. The third-order valence-electron chi connectivity index (χ3n) is 4.48. The Morgan fingerprint density at radius 3 is 2.13 bits per heavy atom. The largest absolute Gasteiger partial charge is 1.00 e. The molecule has 1 aromatic carbocycles. The molecule has 0 unspecified atom stereocenters. The number of carbonyl (C=O) groups excluding carboxylic acids is 4. The lowest BCUT2D eigenvalue weighted by atomic mass is 10.1. The number of piperazine rings is 1. The summed E-state index contributed by atoms with van der Waals surface area (Å²) in [7, 11) is 1.30. The van der Waals surface area contributed by atoms with Crippen molar-refractivity contribution in [1.82, 2.24) is 15.1 Å². The number of hydrogen-bond donors (Lipinski definition) is 1. The van der Waals surface area contributed by atoms with Crippen LogP contribution in [0.25, 0.3) is 0 Å². The molecule has 1 aliphatic heterocycles. The number of nitrogens with one attached hydrogen (secondary N) is 1. The first-order chi connectivity index (χ1) is 14.3. The van der Waals surface area contributed by atoms with Gasteiger partial charge in [-0.2, -0.15) is 0 Å². The van der Waals surface area contributed by atoms with Crippen LogP contribution < -0.4 is 22.3 Å². The van der Waals surface area contributed by atoms with Crippen LogP contribution in [-0.4, -0.2) is 91.8 Å². The third-order valence-corrected chi connectivity index (χ3v) is 5.32. The van der Waals surface area contributed by atoms with E-state index in [0.29, 0.717) is 37.5 Å². The Bertz CT molecular complexity index is 767. The van der Waals surface area contributed by atoms with Crippen LogP contribution in [0.4, 0.5) is 4.79 Å². The highest BCUT2D eigenvalue weighted by molar-refractivity contribution is 7.96. The highest BCUT2D eigenvalue weighted by Crippen LogP contribution is 2.09. The van der Waals surface area contributed by atoms with Gasteiger partial charge in [-0.3, -0.25) is 9.59 Å². The minimum Gasteiger partial charge on any atom is -1.00 e. The second-order valence-electron chi connectivity index (χ2n) is 7.02. The van der Waals surface area contributed by atoms with Gasteiger partial charge in [0.15, 0.2) is 5.75 Å². The van der Waals surface area contributed by atoms with Crippen molar-refractivity contribution in [1.29, 1.82) is 0 Å². The predicted molar refractivity (Wildman–Crippen MR) is 113 cm³/mol. The zero-order valence-corrected chi connectivity index (χ0v) is 20.3. The minimum absolute atomic E-state index is 0. The van der Waals surface area contributed by atoms with E-state index in [1.165, 1.54) is 7.11 Å². The monoisotopic (exact) mass is 517 g/mol. The highest BCUT2D eigenvalue weighted by atomic mass is 79.9. The van der Waals surface area contributed by atoms with Crippen molar-refractivity contribution in [3.8, 4) is 0 Å². The summed E-state index contributed by atoms with van der Waals surface area (Å²) >= 11 is 0. The maximum atomic E-state index is 12.3. The summed E-state index contributed by atoms with van der Waals surface area (Å²) in [6.07, 6.45) is 3.49. The predicted octanol–water partition coefficient (Wildman–Crippen LogP) is -2.75. The topological polar surface area (TPSA) is 105 Å². The number of rotatable bonds is 7. The molecular weight excluding hydrogens is 490 g/mol. The summed E-state index contributed by atoms with van der Waals surface area (Å²) in [5, 5.41) is 2.64. The number of ether oxygens (including phenoxy) is 2. The second-order valence-corrected chi connectivity index (χ2v) is 9.28. The smallest absolute Gasteiger partial charge is 0.410 e. The molecule has 11 heteroatoms. The van der Waals surface area contributed by atoms with Crippen LogP contribution in [-0.2, 0) is 36.6 Å². The lowest BCUT2D eigenvalue weighted by Gasteiger charge is -2.34. The van der Waals surface area contributed by atoms with Crippen molar-refractivity contribution in [2.24, 2.45) is 0 Å². The van der Waals surface area contributed by atoms with Crippen molar-refractivity contribution in [3.63, 3.8) is 0 Å². The summed E-state index contributed by atoms with van der Waals surface area (Å²) in [6, 6.07) is 6.62. The normalized spacial score (nSPS) is 13.3. The summed E-state index contributed by atoms with van der Waals surface area (Å²) < 4.78 is 9.96. The molecule has 9 nitrogen and oxygen atoms in total. The van der Waals surface area contributed by atoms with Crippen LogP contribution in [0.1, 0.15) is 15.9 Å². The summed E-state index contributed by atoms with van der Waals surface area (Å²) in [5.41, 5.74) is 1.18. The molecule has 1 saturated heterocycles. The Balaban J connectivity index is 0.00000480. The van der Waals surface area contributed by atoms with E-state index in [-0.39, 0.29) is 52.8 Å². The second kappa shape index (κ2) is 13.2. The van der Waals surface area contributed by atoms with E-state index in [0.717, 1.165) is 5.56 Å². The van der Waals surface area contributed by atoms with Gasteiger partial charge in [0.1, 0.15) is 6.61 Å². The third kappa shape index (κ3) is 8.78. The fourth-order valence-electron chi connectivity index (χ4n) is 2.83. The van der Waals surface area contributed by atoms with E-state index in [1.807, 2.05) is 12.5 Å². The number of carbonyl (C=O) groups is 4. The molecule has 1 aliphatic rings. The first kappa shape index (κ1) is 26.8. The molecule has 0 bridgehead atoms. The Morgan fingerprint density at radius 1 is 1.00 bits per heavy atom. The first-order valence-corrected chi connectivity index (χ1v) is 11.7. The molecule has 1 aromatic rings. The summed E-state index contributed by atoms with van der Waals surface area (Å²) in [4.78, 5) is 50.8. The Morgan fingerprint density at radius 2 is 1.58 bits per heavy atom. The van der Waals surface area contributed by atoms with E-state index in [2.05, 4.69) is 10.1 Å². The van der Waals surface area contributed by atoms with Gasteiger partial charge in [-0.05, 0) is 28.6 Å². The van der Waals surface area contributed by atoms with Crippen LogP contribution in [0.2, 0.25) is 0 Å². The molecular formula is C20H28BrN3O6S. The minimum atomic E-state index is -0.453. The van der Waals surface area contributed by atoms with Crippen LogP contribution >= 0.6 is 0 Å². The Labute approximate surface area is 195 Å². The molecule has 31 heavy (non-hydrogen) atoms. The molecule has 0 atom stereocenters. The number of halogens is 1. The number of nitrogens with zero attached hydrogens (tertiary/aromatic N) is 2. The van der Waals surface area contributed by atoms with Crippen LogP contribution in [0.3, 0.4) is 0 Å². The zero-order chi connectivity index (χ0) is 22.1. The molecule has 0 aromatic heterocycles. The number of esters is 1. The van der Waals surface area contributed by atoms with Gasteiger partial charge in [-0.15, -0.1) is 0 Å². The van der Waals surface area contributed by atoms with Crippen molar-refractivity contribution < 1.29 is 45.6 Å². The lowest BCUT2D eigenvalue weighted by molar-refractivity contribution is -0.133. The van der Waals surface area contributed by atoms with E-state index in [9.17, 15) is 19.2 Å². The van der Waals surface area contributed by atoms with E-state index < -0.39 is 12.1 Å². The van der Waals surface area contributed by atoms with Gasteiger partial charge in [-0.1, -0.05) is 12.1 Å². The van der Waals surface area contributed by atoms with Crippen LogP contribution in [0, 0.1) is 0 Å². The summed E-state index contributed by atoms with van der Waals surface area (Å²) in [6.45, 7) is 1.58. The standard InChI is InChI=1S/C20H27N3O6S.BrH/c1-28-19(26)16-6-4-15(5-7-16)13-29-20(27)23-10-8-22(9-11-23)18(25)12-21-17(24)14-30(2)3;/h4-7H,8-14H2,1-3H3;1H. The first-order valence-electron chi connectivity index (χ1n) is 9.47. The molecule has 3 amide bonds. The van der Waals surface area contributed by atoms with Gasteiger partial charge in [0.05, 0.1) is 31.7 Å². The molecule has 0 radical (unpaired) electrons. The SMILES string of the molecule is COC(=O)c1ccc(COC(=O)N2CCN(C(=O)CNC(=O)C[S+](C)C)CC2)cc1.[Br-]. The van der Waals surface area contributed by atoms with Crippen molar-refractivity contribution in [2.75, 3.05) is 58.1 Å². The maximum absolute atomic E-state index is 12.3.